The van der Waals surface area contributed by atoms with Crippen molar-refractivity contribution in [3.8, 4) is 0 Å². The number of alkyl halides is 2. The average molecular weight is 327 g/mol. The second-order valence-electron chi connectivity index (χ2n) is 5.16. The predicted molar refractivity (Wildman–Crippen MR) is 71.9 cm³/mol. The number of rotatable bonds is 4. The lowest BCUT2D eigenvalue weighted by Gasteiger charge is -2.24. The Morgan fingerprint density at radius 3 is 2.35 bits per heavy atom. The highest BCUT2D eigenvalue weighted by Gasteiger charge is 2.68. The summed E-state index contributed by atoms with van der Waals surface area (Å²) in [7, 11) is -1.84. The van der Waals surface area contributed by atoms with E-state index in [1.165, 1.54) is 0 Å². The second kappa shape index (κ2) is 5.29. The minimum Gasteiger partial charge on any atom is -0.423 e. The number of ether oxygens (including phenoxy) is 1. The molecule has 0 aliphatic carbocycles. The second-order valence-corrected chi connectivity index (χ2v) is 5.16. The van der Waals surface area contributed by atoms with Crippen LogP contribution in [0.3, 0.4) is 0 Å². The van der Waals surface area contributed by atoms with Crippen LogP contribution in [0.15, 0.2) is 36.5 Å². The highest BCUT2D eigenvalue weighted by Crippen LogP contribution is 2.56. The van der Waals surface area contributed by atoms with Gasteiger partial charge in [-0.25, -0.2) is 8.78 Å². The van der Waals surface area contributed by atoms with Crippen molar-refractivity contribution in [2.75, 3.05) is 6.61 Å². The Morgan fingerprint density at radius 2 is 1.87 bits per heavy atom. The molecule has 0 spiro atoms. The van der Waals surface area contributed by atoms with Gasteiger partial charge in [0.05, 0.1) is 6.61 Å². The van der Waals surface area contributed by atoms with Crippen molar-refractivity contribution in [3.05, 3.63) is 59.4 Å². The van der Waals surface area contributed by atoms with E-state index in [1.807, 2.05) is 0 Å². The number of benzene rings is 1. The Hall–Kier alpha value is -1.97. The third-order valence-corrected chi connectivity index (χ3v) is 3.71. The molecule has 2 aromatic rings. The van der Waals surface area contributed by atoms with Gasteiger partial charge < -0.3 is 14.8 Å². The van der Waals surface area contributed by atoms with Gasteiger partial charge in [0.15, 0.2) is 5.60 Å². The Kier molecular flexibility index (Phi) is 3.66. The van der Waals surface area contributed by atoms with Crippen LogP contribution in [0.2, 0.25) is 0 Å². The van der Waals surface area contributed by atoms with E-state index in [1.54, 1.807) is 0 Å². The fourth-order valence-electron chi connectivity index (χ4n) is 2.35. The summed E-state index contributed by atoms with van der Waals surface area (Å²) in [5.74, 6) is -5.71. The quantitative estimate of drug-likeness (QED) is 0.501. The molecule has 1 aromatic heterocycles. The molecular formula is C14H10BF4NO3. The molecule has 23 heavy (non-hydrogen) atoms. The molecule has 1 aromatic carbocycles. The molecule has 0 saturated carbocycles. The van der Waals surface area contributed by atoms with Gasteiger partial charge in [-0.3, -0.25) is 4.98 Å². The normalized spacial score (nSPS) is 20.4. The lowest BCUT2D eigenvalue weighted by molar-refractivity contribution is -0.0901. The first-order chi connectivity index (χ1) is 10.8. The number of hydrogen-bond donors (Lipinski definition) is 2. The van der Waals surface area contributed by atoms with Gasteiger partial charge >= 0.3 is 13.0 Å². The standard InChI is InChI=1S/C14H10BF4NO3/c16-9-2-3-10(11(17)5-9)13(7-23-13)14(18,19)12-4-1-8(6-20-12)15(21)22/h1-6,21-22H,7H2. The Balaban J connectivity index is 2.01. The fraction of sp³-hybridized carbons (Fsp3) is 0.214. The van der Waals surface area contributed by atoms with Gasteiger partial charge in [0.1, 0.15) is 17.3 Å². The maximum Gasteiger partial charge on any atom is 0.490 e. The molecule has 0 radical (unpaired) electrons. The van der Waals surface area contributed by atoms with Crippen LogP contribution in [-0.2, 0) is 16.3 Å². The molecule has 0 bridgehead atoms. The van der Waals surface area contributed by atoms with E-state index < -0.39 is 48.1 Å². The van der Waals surface area contributed by atoms with Crippen LogP contribution in [-0.4, -0.2) is 28.8 Å². The third kappa shape index (κ3) is 2.50. The fourth-order valence-corrected chi connectivity index (χ4v) is 2.35. The lowest BCUT2D eigenvalue weighted by atomic mass is 9.81. The summed E-state index contributed by atoms with van der Waals surface area (Å²) in [6.07, 6.45) is 0.880. The van der Waals surface area contributed by atoms with Crippen molar-refractivity contribution in [2.45, 2.75) is 11.5 Å². The highest BCUT2D eigenvalue weighted by molar-refractivity contribution is 6.58. The van der Waals surface area contributed by atoms with Crippen molar-refractivity contribution in [3.63, 3.8) is 0 Å². The molecule has 3 rings (SSSR count). The van der Waals surface area contributed by atoms with Crippen LogP contribution in [0.1, 0.15) is 11.3 Å². The van der Waals surface area contributed by atoms with Crippen LogP contribution in [0.25, 0.3) is 0 Å². The molecule has 0 amide bonds. The van der Waals surface area contributed by atoms with E-state index in [9.17, 15) is 17.6 Å². The maximum atomic E-state index is 14.7. The van der Waals surface area contributed by atoms with Crippen molar-refractivity contribution in [1.82, 2.24) is 4.98 Å². The van der Waals surface area contributed by atoms with Crippen LogP contribution in [0, 0.1) is 11.6 Å². The molecule has 4 nitrogen and oxygen atoms in total. The van der Waals surface area contributed by atoms with Crippen LogP contribution in [0.5, 0.6) is 0 Å². The molecule has 1 unspecified atom stereocenters. The van der Waals surface area contributed by atoms with E-state index in [2.05, 4.69) is 4.98 Å². The van der Waals surface area contributed by atoms with Crippen molar-refractivity contribution < 1.29 is 32.3 Å². The van der Waals surface area contributed by atoms with Gasteiger partial charge in [-0.1, -0.05) is 6.07 Å². The molecule has 1 saturated heterocycles. The van der Waals surface area contributed by atoms with Gasteiger partial charge in [0.2, 0.25) is 0 Å². The van der Waals surface area contributed by atoms with E-state index in [0.29, 0.717) is 6.07 Å². The van der Waals surface area contributed by atoms with Gasteiger partial charge in [-0.2, -0.15) is 8.78 Å². The van der Waals surface area contributed by atoms with Crippen LogP contribution in [0.4, 0.5) is 17.6 Å². The number of hydrogen-bond acceptors (Lipinski definition) is 4. The number of pyridine rings is 1. The molecular weight excluding hydrogens is 317 g/mol. The van der Waals surface area contributed by atoms with Gasteiger partial charge in [0.25, 0.3) is 0 Å². The van der Waals surface area contributed by atoms with Crippen molar-refractivity contribution >= 4 is 12.6 Å². The Labute approximate surface area is 128 Å². The lowest BCUT2D eigenvalue weighted by Crippen LogP contribution is -2.36. The van der Waals surface area contributed by atoms with Gasteiger partial charge in [-0.15, -0.1) is 0 Å². The third-order valence-electron chi connectivity index (χ3n) is 3.71. The van der Waals surface area contributed by atoms with Crippen LogP contribution >= 0.6 is 0 Å². The Morgan fingerprint density at radius 1 is 1.17 bits per heavy atom. The summed E-state index contributed by atoms with van der Waals surface area (Å²) in [6, 6.07) is 4.26. The number of nitrogens with zero attached hydrogens (tertiary/aromatic N) is 1. The summed E-state index contributed by atoms with van der Waals surface area (Å²) < 4.78 is 61.1. The van der Waals surface area contributed by atoms with Crippen LogP contribution < -0.4 is 5.46 Å². The topological polar surface area (TPSA) is 65.9 Å². The molecule has 1 aliphatic heterocycles. The minimum absolute atomic E-state index is 0.0664. The first-order valence-corrected chi connectivity index (χ1v) is 6.58. The summed E-state index contributed by atoms with van der Waals surface area (Å²) in [4.78, 5) is 3.50. The zero-order valence-electron chi connectivity index (χ0n) is 11.5. The van der Waals surface area contributed by atoms with E-state index >= 15 is 0 Å². The summed E-state index contributed by atoms with van der Waals surface area (Å²) in [5, 5.41) is 17.9. The van der Waals surface area contributed by atoms with Gasteiger partial charge in [-0.05, 0) is 18.2 Å². The minimum atomic E-state index is -3.69. The van der Waals surface area contributed by atoms with E-state index in [0.717, 1.165) is 30.5 Å². The summed E-state index contributed by atoms with van der Waals surface area (Å²) in [6.45, 7) is -0.450. The number of halogens is 4. The zero-order valence-corrected chi connectivity index (χ0v) is 11.5. The smallest absolute Gasteiger partial charge is 0.423 e. The SMILES string of the molecule is OB(O)c1ccc(C(F)(F)C2(c3ccc(F)cc3F)CO2)nc1. The molecule has 1 aliphatic rings. The Bertz CT molecular complexity index is 735. The average Bonchev–Trinajstić information content (AvgIpc) is 3.29. The molecule has 9 heteroatoms. The van der Waals surface area contributed by atoms with Gasteiger partial charge in [0, 0.05) is 23.3 Å². The number of epoxide rings is 1. The maximum absolute atomic E-state index is 14.7. The van der Waals surface area contributed by atoms with E-state index in [-0.39, 0.29) is 5.46 Å². The number of aromatic nitrogens is 1. The summed E-state index contributed by atoms with van der Waals surface area (Å²) >= 11 is 0. The largest absolute Gasteiger partial charge is 0.490 e. The monoisotopic (exact) mass is 327 g/mol. The predicted octanol–water partition coefficient (Wildman–Crippen LogP) is 1.06. The first kappa shape index (κ1) is 15.9. The first-order valence-electron chi connectivity index (χ1n) is 6.58. The summed E-state index contributed by atoms with van der Waals surface area (Å²) in [5.41, 5.74) is -3.50. The molecule has 120 valence electrons. The highest BCUT2D eigenvalue weighted by atomic mass is 19.3. The molecule has 2 N–H and O–H groups in total. The molecule has 2 heterocycles. The molecule has 1 fully saturated rings. The molecule has 1 atom stereocenters. The zero-order chi connectivity index (χ0) is 16.8. The van der Waals surface area contributed by atoms with E-state index in [4.69, 9.17) is 14.8 Å². The van der Waals surface area contributed by atoms with Crippen molar-refractivity contribution in [2.24, 2.45) is 0 Å². The van der Waals surface area contributed by atoms with Crippen molar-refractivity contribution in [1.29, 1.82) is 0 Å².